The molecule has 0 aliphatic rings. The van der Waals surface area contributed by atoms with Gasteiger partial charge < -0.3 is 15.4 Å². The fourth-order valence-corrected chi connectivity index (χ4v) is 3.97. The smallest absolute Gasteiger partial charge is 0.243 e. The molecule has 3 aromatic rings. The first-order valence-corrected chi connectivity index (χ1v) is 12.1. The van der Waals surface area contributed by atoms with Crippen LogP contribution in [0.5, 0.6) is 5.75 Å². The van der Waals surface area contributed by atoms with E-state index in [0.717, 1.165) is 27.5 Å². The molecule has 2 aromatic carbocycles. The monoisotopic (exact) mass is 577 g/mol. The molecule has 9 nitrogen and oxygen atoms in total. The highest BCUT2D eigenvalue weighted by atomic mass is 127. The third-order valence-corrected chi connectivity index (χ3v) is 6.51. The summed E-state index contributed by atoms with van der Waals surface area (Å²) in [6.07, 6.45) is 5.11. The second-order valence-corrected chi connectivity index (χ2v) is 9.04. The molecule has 0 aliphatic carbocycles. The quantitative estimate of drug-likeness (QED) is 0.108. The summed E-state index contributed by atoms with van der Waals surface area (Å²) in [4.78, 5) is 32.3. The van der Waals surface area contributed by atoms with Crippen LogP contribution in [-0.2, 0) is 9.59 Å². The van der Waals surface area contributed by atoms with Gasteiger partial charge in [-0.2, -0.15) is 0 Å². The van der Waals surface area contributed by atoms with Gasteiger partial charge in [0.15, 0.2) is 0 Å². The molecule has 0 fully saturated rings. The molecule has 4 N–H and O–H groups in total. The van der Waals surface area contributed by atoms with Gasteiger partial charge in [-0.1, -0.05) is 18.9 Å². The van der Waals surface area contributed by atoms with Crippen molar-refractivity contribution in [2.45, 2.75) is 45.4 Å². The number of fused-ring (bicyclic) bond motifs is 1. The Morgan fingerprint density at radius 1 is 1.03 bits per heavy atom. The SMILES string of the molecule is COc1cc2ncnc(Nc3ccc(C)c(I)c3)c2cc1NC(=O)CCCCCCC(=O)NO. The van der Waals surface area contributed by atoms with Crippen LogP contribution in [0.4, 0.5) is 17.2 Å². The second kappa shape index (κ2) is 12.5. The van der Waals surface area contributed by atoms with Crippen molar-refractivity contribution in [3.63, 3.8) is 0 Å². The van der Waals surface area contributed by atoms with Gasteiger partial charge in [0.25, 0.3) is 0 Å². The summed E-state index contributed by atoms with van der Waals surface area (Å²) >= 11 is 2.30. The number of hydrogen-bond donors (Lipinski definition) is 4. The molecule has 10 heteroatoms. The topological polar surface area (TPSA) is 125 Å². The Morgan fingerprint density at radius 3 is 2.44 bits per heavy atom. The van der Waals surface area contributed by atoms with Gasteiger partial charge in [0.05, 0.1) is 18.3 Å². The fraction of sp³-hybridized carbons (Fsp3) is 0.333. The highest BCUT2D eigenvalue weighted by molar-refractivity contribution is 14.1. The van der Waals surface area contributed by atoms with Crippen molar-refractivity contribution in [3.05, 3.63) is 45.8 Å². The minimum Gasteiger partial charge on any atom is -0.494 e. The fourth-order valence-electron chi connectivity index (χ4n) is 3.45. The molecular formula is C24H28IN5O4. The van der Waals surface area contributed by atoms with Crippen LogP contribution in [0.15, 0.2) is 36.7 Å². The van der Waals surface area contributed by atoms with Crippen LogP contribution < -0.4 is 20.9 Å². The van der Waals surface area contributed by atoms with Crippen LogP contribution in [0.1, 0.15) is 44.1 Å². The minimum absolute atomic E-state index is 0.120. The Labute approximate surface area is 211 Å². The molecule has 0 saturated heterocycles. The number of rotatable bonds is 11. The van der Waals surface area contributed by atoms with Crippen molar-refractivity contribution in [2.75, 3.05) is 17.7 Å². The van der Waals surface area contributed by atoms with Crippen molar-refractivity contribution in [3.8, 4) is 5.75 Å². The van der Waals surface area contributed by atoms with Crippen LogP contribution in [0, 0.1) is 10.5 Å². The van der Waals surface area contributed by atoms with Crippen molar-refractivity contribution >= 4 is 62.5 Å². The third-order valence-electron chi connectivity index (χ3n) is 5.35. The van der Waals surface area contributed by atoms with E-state index in [1.54, 1.807) is 18.7 Å². The zero-order chi connectivity index (χ0) is 24.5. The van der Waals surface area contributed by atoms with Gasteiger partial charge in [-0.3, -0.25) is 14.8 Å². The number of methoxy groups -OCH3 is 1. The maximum absolute atomic E-state index is 12.5. The number of hydrogen-bond acceptors (Lipinski definition) is 7. The highest BCUT2D eigenvalue weighted by Gasteiger charge is 2.13. The highest BCUT2D eigenvalue weighted by Crippen LogP contribution is 2.33. The number of aryl methyl sites for hydroxylation is 1. The number of halogens is 1. The van der Waals surface area contributed by atoms with E-state index in [1.165, 1.54) is 11.9 Å². The Balaban J connectivity index is 1.69. The lowest BCUT2D eigenvalue weighted by atomic mass is 10.1. The molecule has 0 bridgehead atoms. The van der Waals surface area contributed by atoms with E-state index in [-0.39, 0.29) is 12.3 Å². The molecule has 0 aliphatic heterocycles. The summed E-state index contributed by atoms with van der Waals surface area (Å²) in [6, 6.07) is 9.69. The lowest BCUT2D eigenvalue weighted by Gasteiger charge is -2.14. The molecule has 0 radical (unpaired) electrons. The number of nitrogens with one attached hydrogen (secondary N) is 3. The summed E-state index contributed by atoms with van der Waals surface area (Å²) in [5.74, 6) is 0.640. The number of carbonyl (C=O) groups is 2. The Morgan fingerprint density at radius 2 is 1.76 bits per heavy atom. The lowest BCUT2D eigenvalue weighted by Crippen LogP contribution is -2.17. The predicted octanol–water partition coefficient (Wildman–Crippen LogP) is 5.08. The van der Waals surface area contributed by atoms with E-state index in [0.29, 0.717) is 42.0 Å². The molecule has 1 heterocycles. The summed E-state index contributed by atoms with van der Waals surface area (Å²) in [7, 11) is 1.55. The number of carbonyl (C=O) groups excluding carboxylic acids is 2. The number of anilines is 3. The van der Waals surface area contributed by atoms with Crippen LogP contribution in [0.3, 0.4) is 0 Å². The number of hydroxylamine groups is 1. The van der Waals surface area contributed by atoms with Gasteiger partial charge in [-0.25, -0.2) is 15.4 Å². The molecule has 34 heavy (non-hydrogen) atoms. The summed E-state index contributed by atoms with van der Waals surface area (Å²) in [6.45, 7) is 2.06. The van der Waals surface area contributed by atoms with E-state index in [4.69, 9.17) is 9.94 Å². The second-order valence-electron chi connectivity index (χ2n) is 7.88. The number of unbranched alkanes of at least 4 members (excludes halogenated alkanes) is 3. The van der Waals surface area contributed by atoms with Crippen LogP contribution >= 0.6 is 22.6 Å². The van der Waals surface area contributed by atoms with Gasteiger partial charge in [-0.05, 0) is 66.1 Å². The molecule has 0 saturated carbocycles. The van der Waals surface area contributed by atoms with E-state index in [2.05, 4.69) is 50.1 Å². The summed E-state index contributed by atoms with van der Waals surface area (Å²) in [5, 5.41) is 15.5. The number of amides is 2. The molecule has 0 unspecified atom stereocenters. The average molecular weight is 577 g/mol. The van der Waals surface area contributed by atoms with E-state index < -0.39 is 5.91 Å². The Kier molecular flexibility index (Phi) is 9.40. The first kappa shape index (κ1) is 25.6. The molecule has 180 valence electrons. The zero-order valence-corrected chi connectivity index (χ0v) is 21.3. The lowest BCUT2D eigenvalue weighted by molar-refractivity contribution is -0.129. The average Bonchev–Trinajstić information content (AvgIpc) is 2.83. The van der Waals surface area contributed by atoms with E-state index in [9.17, 15) is 9.59 Å². The first-order chi connectivity index (χ1) is 16.4. The number of nitrogens with zero attached hydrogens (tertiary/aromatic N) is 2. The third kappa shape index (κ3) is 7.00. The van der Waals surface area contributed by atoms with Gasteiger partial charge >= 0.3 is 0 Å². The Hall–Kier alpha value is -2.99. The molecule has 1 aromatic heterocycles. The van der Waals surface area contributed by atoms with Gasteiger partial charge in [0.2, 0.25) is 11.8 Å². The van der Waals surface area contributed by atoms with E-state index in [1.807, 2.05) is 24.3 Å². The maximum Gasteiger partial charge on any atom is 0.243 e. The van der Waals surface area contributed by atoms with Gasteiger partial charge in [0, 0.05) is 33.6 Å². The first-order valence-electron chi connectivity index (χ1n) is 11.0. The molecular weight excluding hydrogens is 549 g/mol. The number of aromatic nitrogens is 2. The standard InChI is InChI=1S/C24H28IN5O4/c1-15-9-10-16(11-18(15)25)28-24-17-12-20(21(34-2)13-19(17)26-14-27-24)29-22(31)7-5-3-4-6-8-23(32)30-33/h9-14,33H,3-8H2,1-2H3,(H,29,31)(H,30,32)(H,26,27,28). The molecule has 0 atom stereocenters. The minimum atomic E-state index is -0.393. The maximum atomic E-state index is 12.5. The zero-order valence-electron chi connectivity index (χ0n) is 19.2. The Bertz CT molecular complexity index is 1170. The van der Waals surface area contributed by atoms with Crippen molar-refractivity contribution in [2.24, 2.45) is 0 Å². The van der Waals surface area contributed by atoms with Crippen molar-refractivity contribution in [1.82, 2.24) is 15.4 Å². The van der Waals surface area contributed by atoms with Crippen molar-refractivity contribution < 1.29 is 19.5 Å². The molecule has 2 amide bonds. The van der Waals surface area contributed by atoms with Crippen molar-refractivity contribution in [1.29, 1.82) is 0 Å². The predicted molar refractivity (Wildman–Crippen MR) is 140 cm³/mol. The van der Waals surface area contributed by atoms with Crippen LogP contribution in [-0.4, -0.2) is 34.1 Å². The number of benzene rings is 2. The molecule has 0 spiro atoms. The van der Waals surface area contributed by atoms with Crippen LogP contribution in [0.2, 0.25) is 0 Å². The van der Waals surface area contributed by atoms with Gasteiger partial charge in [0.1, 0.15) is 17.9 Å². The van der Waals surface area contributed by atoms with Gasteiger partial charge in [-0.15, -0.1) is 0 Å². The van der Waals surface area contributed by atoms with Crippen LogP contribution in [0.25, 0.3) is 10.9 Å². The summed E-state index contributed by atoms with van der Waals surface area (Å²) in [5.41, 5.74) is 4.97. The van der Waals surface area contributed by atoms with E-state index >= 15 is 0 Å². The normalized spacial score (nSPS) is 10.7. The summed E-state index contributed by atoms with van der Waals surface area (Å²) < 4.78 is 6.62. The molecule has 3 rings (SSSR count). The number of ether oxygens (including phenoxy) is 1. The largest absolute Gasteiger partial charge is 0.494 e.